The summed E-state index contributed by atoms with van der Waals surface area (Å²) in [5.41, 5.74) is 0.348. The molecule has 0 saturated heterocycles. The Bertz CT molecular complexity index is 312. The lowest BCUT2D eigenvalue weighted by Gasteiger charge is -2.01. The van der Waals surface area contributed by atoms with Gasteiger partial charge in [-0.2, -0.15) is 0 Å². The number of methoxy groups -OCH3 is 1. The van der Waals surface area contributed by atoms with Crippen LogP contribution in [-0.4, -0.2) is 17.9 Å². The Kier molecular flexibility index (Phi) is 2.65. The largest absolute Gasteiger partial charge is 0.494 e. The molecule has 1 aromatic rings. The molecular weight excluding hydrogens is 178 g/mol. The van der Waals surface area contributed by atoms with Crippen molar-refractivity contribution < 1.29 is 9.53 Å². The Labute approximate surface area is 75.3 Å². The maximum absolute atomic E-state index is 10.8. The summed E-state index contributed by atoms with van der Waals surface area (Å²) in [6, 6.07) is 3.19. The van der Waals surface area contributed by atoms with E-state index in [4.69, 9.17) is 16.3 Å². The van der Waals surface area contributed by atoms with Gasteiger partial charge in [-0.25, -0.2) is 4.98 Å². The average Bonchev–Trinajstić information content (AvgIpc) is 2.04. The summed E-state index contributed by atoms with van der Waals surface area (Å²) >= 11 is 5.69. The fourth-order valence-corrected chi connectivity index (χ4v) is 1.00. The van der Waals surface area contributed by atoms with Gasteiger partial charge in [-0.1, -0.05) is 11.6 Å². The molecule has 0 aliphatic rings. The molecule has 1 aromatic heterocycles. The molecule has 4 heteroatoms. The number of carbonyl (C=O) groups is 1. The van der Waals surface area contributed by atoms with Crippen LogP contribution in [0.4, 0.5) is 0 Å². The fraction of sp³-hybridized carbons (Fsp3) is 0.250. The van der Waals surface area contributed by atoms with Crippen LogP contribution < -0.4 is 4.74 Å². The molecule has 0 radical (unpaired) electrons. The highest BCUT2D eigenvalue weighted by Gasteiger charge is 2.05. The molecule has 0 atom stereocenters. The van der Waals surface area contributed by atoms with Gasteiger partial charge in [0.15, 0.2) is 16.7 Å². The third-order valence-corrected chi connectivity index (χ3v) is 1.67. The number of hydrogen-bond donors (Lipinski definition) is 0. The summed E-state index contributed by atoms with van der Waals surface area (Å²) < 4.78 is 4.87. The van der Waals surface area contributed by atoms with Gasteiger partial charge in [0.1, 0.15) is 5.69 Å². The van der Waals surface area contributed by atoms with Crippen molar-refractivity contribution in [1.82, 2.24) is 4.98 Å². The van der Waals surface area contributed by atoms with Crippen molar-refractivity contribution in [2.24, 2.45) is 0 Å². The summed E-state index contributed by atoms with van der Waals surface area (Å²) in [5, 5.41) is 0.213. The monoisotopic (exact) mass is 185 g/mol. The molecule has 0 fully saturated rings. The van der Waals surface area contributed by atoms with E-state index < -0.39 is 0 Å². The number of halogens is 1. The van der Waals surface area contributed by atoms with Crippen LogP contribution in [0.25, 0.3) is 0 Å². The maximum atomic E-state index is 10.8. The number of aromatic nitrogens is 1. The van der Waals surface area contributed by atoms with Gasteiger partial charge in [0.05, 0.1) is 7.11 Å². The molecule has 0 bridgehead atoms. The highest BCUT2D eigenvalue weighted by molar-refractivity contribution is 6.31. The minimum Gasteiger partial charge on any atom is -0.494 e. The van der Waals surface area contributed by atoms with E-state index in [0.29, 0.717) is 11.4 Å². The number of nitrogens with zero attached hydrogens (tertiary/aromatic N) is 1. The van der Waals surface area contributed by atoms with Gasteiger partial charge in [0.25, 0.3) is 0 Å². The van der Waals surface area contributed by atoms with Crippen LogP contribution in [0.15, 0.2) is 12.1 Å². The van der Waals surface area contributed by atoms with Gasteiger partial charge >= 0.3 is 0 Å². The highest BCUT2D eigenvalue weighted by atomic mass is 35.5. The fourth-order valence-electron chi connectivity index (χ4n) is 0.770. The minimum atomic E-state index is -0.112. The van der Waals surface area contributed by atoms with Gasteiger partial charge in [-0.05, 0) is 12.1 Å². The first-order valence-electron chi connectivity index (χ1n) is 3.36. The van der Waals surface area contributed by atoms with Crippen LogP contribution in [0.2, 0.25) is 5.15 Å². The summed E-state index contributed by atoms with van der Waals surface area (Å²) in [7, 11) is 1.50. The number of Topliss-reactive ketones (excluding diaryl/α,β-unsaturated/α-hetero) is 1. The van der Waals surface area contributed by atoms with Crippen molar-refractivity contribution in [1.29, 1.82) is 0 Å². The zero-order valence-corrected chi connectivity index (χ0v) is 7.55. The molecule has 1 rings (SSSR count). The summed E-state index contributed by atoms with van der Waals surface area (Å²) in [5.74, 6) is 0.362. The van der Waals surface area contributed by atoms with Crippen molar-refractivity contribution in [3.63, 3.8) is 0 Å². The van der Waals surface area contributed by atoms with Crippen molar-refractivity contribution in [2.45, 2.75) is 6.92 Å². The highest BCUT2D eigenvalue weighted by Crippen LogP contribution is 2.21. The van der Waals surface area contributed by atoms with Gasteiger partial charge < -0.3 is 4.74 Å². The molecule has 64 valence electrons. The number of pyridine rings is 1. The van der Waals surface area contributed by atoms with Gasteiger partial charge in [0, 0.05) is 6.92 Å². The molecular formula is C8H8ClNO2. The van der Waals surface area contributed by atoms with E-state index in [0.717, 1.165) is 0 Å². The molecule has 0 aromatic carbocycles. The first-order valence-corrected chi connectivity index (χ1v) is 3.74. The number of carbonyl (C=O) groups excluding carboxylic acids is 1. The summed E-state index contributed by atoms with van der Waals surface area (Å²) in [6.45, 7) is 1.44. The molecule has 0 spiro atoms. The van der Waals surface area contributed by atoms with E-state index in [1.807, 2.05) is 0 Å². The third kappa shape index (κ3) is 1.74. The molecule has 0 unspecified atom stereocenters. The number of ketones is 1. The van der Waals surface area contributed by atoms with Crippen molar-refractivity contribution in [3.8, 4) is 5.75 Å². The quantitative estimate of drug-likeness (QED) is 0.522. The van der Waals surface area contributed by atoms with E-state index in [9.17, 15) is 4.79 Å². The Morgan fingerprint density at radius 1 is 1.58 bits per heavy atom. The van der Waals surface area contributed by atoms with Crippen molar-refractivity contribution in [3.05, 3.63) is 23.0 Å². The van der Waals surface area contributed by atoms with E-state index in [2.05, 4.69) is 4.98 Å². The smallest absolute Gasteiger partial charge is 0.178 e. The molecule has 0 aliphatic carbocycles. The molecule has 12 heavy (non-hydrogen) atoms. The van der Waals surface area contributed by atoms with Crippen molar-refractivity contribution >= 4 is 17.4 Å². The van der Waals surface area contributed by atoms with Crippen LogP contribution in [0, 0.1) is 0 Å². The second-order valence-electron chi connectivity index (χ2n) is 2.25. The minimum absolute atomic E-state index is 0.112. The van der Waals surface area contributed by atoms with E-state index in [1.54, 1.807) is 12.1 Å². The van der Waals surface area contributed by atoms with Crippen molar-refractivity contribution in [2.75, 3.05) is 7.11 Å². The van der Waals surface area contributed by atoms with E-state index in [1.165, 1.54) is 14.0 Å². The number of rotatable bonds is 2. The summed E-state index contributed by atoms with van der Waals surface area (Å²) in [4.78, 5) is 14.7. The van der Waals surface area contributed by atoms with Gasteiger partial charge in [-0.3, -0.25) is 4.79 Å². The Balaban J connectivity index is 3.10. The van der Waals surface area contributed by atoms with Gasteiger partial charge in [-0.15, -0.1) is 0 Å². The van der Waals surface area contributed by atoms with E-state index in [-0.39, 0.29) is 10.9 Å². The van der Waals surface area contributed by atoms with Crippen LogP contribution in [0.1, 0.15) is 17.4 Å². The Morgan fingerprint density at radius 3 is 2.67 bits per heavy atom. The third-order valence-electron chi connectivity index (χ3n) is 1.40. The zero-order chi connectivity index (χ0) is 9.14. The SMILES string of the molecule is COc1ccc(C(C)=O)nc1Cl. The van der Waals surface area contributed by atoms with E-state index >= 15 is 0 Å². The lowest BCUT2D eigenvalue weighted by atomic mass is 10.3. The van der Waals surface area contributed by atoms with Gasteiger partial charge in [0.2, 0.25) is 0 Å². The average molecular weight is 186 g/mol. The summed E-state index contributed by atoms with van der Waals surface area (Å²) in [6.07, 6.45) is 0. The van der Waals surface area contributed by atoms with Crippen LogP contribution in [0.5, 0.6) is 5.75 Å². The van der Waals surface area contributed by atoms with Crippen LogP contribution >= 0.6 is 11.6 Å². The Morgan fingerprint density at radius 2 is 2.25 bits per heavy atom. The number of ether oxygens (including phenoxy) is 1. The number of hydrogen-bond acceptors (Lipinski definition) is 3. The Hall–Kier alpha value is -1.09. The normalized spacial score (nSPS) is 9.58. The lowest BCUT2D eigenvalue weighted by molar-refractivity contribution is 0.101. The van der Waals surface area contributed by atoms with Crippen LogP contribution in [0.3, 0.4) is 0 Å². The first kappa shape index (κ1) is 9.00. The first-order chi connectivity index (χ1) is 5.65. The second kappa shape index (κ2) is 3.54. The molecule has 1 heterocycles. The predicted octanol–water partition coefficient (Wildman–Crippen LogP) is 1.95. The molecule has 3 nitrogen and oxygen atoms in total. The maximum Gasteiger partial charge on any atom is 0.178 e. The second-order valence-corrected chi connectivity index (χ2v) is 2.60. The topological polar surface area (TPSA) is 39.2 Å². The lowest BCUT2D eigenvalue weighted by Crippen LogP contribution is -1.97. The van der Waals surface area contributed by atoms with Crippen LogP contribution in [-0.2, 0) is 0 Å². The molecule has 0 aliphatic heterocycles. The molecule has 0 N–H and O–H groups in total. The predicted molar refractivity (Wildman–Crippen MR) is 45.8 cm³/mol. The zero-order valence-electron chi connectivity index (χ0n) is 6.80. The standard InChI is InChI=1S/C8H8ClNO2/c1-5(11)6-3-4-7(12-2)8(9)10-6/h3-4H,1-2H3. The molecule has 0 saturated carbocycles. The molecule has 0 amide bonds.